The summed E-state index contributed by atoms with van der Waals surface area (Å²) < 4.78 is 5.68. The lowest BCUT2D eigenvalue weighted by molar-refractivity contribution is -0.150. The van der Waals surface area contributed by atoms with E-state index in [4.69, 9.17) is 4.74 Å². The smallest absolute Gasteiger partial charge is 0.306 e. The molecule has 0 saturated carbocycles. The summed E-state index contributed by atoms with van der Waals surface area (Å²) in [6.07, 6.45) is 17.7. The van der Waals surface area contributed by atoms with E-state index in [9.17, 15) is 4.79 Å². The largest absolute Gasteiger partial charge is 0.462 e. The van der Waals surface area contributed by atoms with Crippen LogP contribution in [0.2, 0.25) is 0 Å². The Bertz CT molecular complexity index is 238. The van der Waals surface area contributed by atoms with Gasteiger partial charge in [0.15, 0.2) is 0 Å². The van der Waals surface area contributed by atoms with E-state index in [1.807, 2.05) is 0 Å². The van der Waals surface area contributed by atoms with Crippen molar-refractivity contribution in [3.05, 3.63) is 0 Å². The van der Waals surface area contributed by atoms with Crippen molar-refractivity contribution in [3.63, 3.8) is 0 Å². The SMILES string of the molecule is CCCCCCCCCC(=O)OC(CCC)CCCCCC. The zero-order valence-electron chi connectivity index (χ0n) is 15.5. The molecule has 0 heterocycles. The van der Waals surface area contributed by atoms with Crippen LogP contribution in [-0.2, 0) is 9.53 Å². The third-order valence-corrected chi connectivity index (χ3v) is 4.27. The Morgan fingerprint density at radius 3 is 1.82 bits per heavy atom. The van der Waals surface area contributed by atoms with Gasteiger partial charge in [0.25, 0.3) is 0 Å². The fourth-order valence-corrected chi connectivity index (χ4v) is 2.85. The van der Waals surface area contributed by atoms with Crippen LogP contribution in [0.4, 0.5) is 0 Å². The first-order valence-corrected chi connectivity index (χ1v) is 9.94. The lowest BCUT2D eigenvalue weighted by Gasteiger charge is -2.17. The van der Waals surface area contributed by atoms with Crippen molar-refractivity contribution in [2.45, 2.75) is 123 Å². The van der Waals surface area contributed by atoms with Crippen LogP contribution in [0.25, 0.3) is 0 Å². The molecule has 0 saturated heterocycles. The maximum atomic E-state index is 11.9. The first-order valence-electron chi connectivity index (χ1n) is 9.94. The Balaban J connectivity index is 3.65. The summed E-state index contributed by atoms with van der Waals surface area (Å²) in [7, 11) is 0. The standard InChI is InChI=1S/C20H40O2/c1-4-7-9-11-12-13-15-18-20(21)22-19(16-6-3)17-14-10-8-5-2/h19H,4-18H2,1-3H3. The van der Waals surface area contributed by atoms with Crippen LogP contribution < -0.4 is 0 Å². The fraction of sp³-hybridized carbons (Fsp3) is 0.950. The first-order chi connectivity index (χ1) is 10.7. The maximum Gasteiger partial charge on any atom is 0.306 e. The fourth-order valence-electron chi connectivity index (χ4n) is 2.85. The van der Waals surface area contributed by atoms with Gasteiger partial charge in [0, 0.05) is 6.42 Å². The Morgan fingerprint density at radius 1 is 0.682 bits per heavy atom. The summed E-state index contributed by atoms with van der Waals surface area (Å²) in [6, 6.07) is 0. The van der Waals surface area contributed by atoms with Crippen LogP contribution >= 0.6 is 0 Å². The van der Waals surface area contributed by atoms with Gasteiger partial charge in [-0.3, -0.25) is 4.79 Å². The van der Waals surface area contributed by atoms with E-state index in [1.165, 1.54) is 64.2 Å². The monoisotopic (exact) mass is 312 g/mol. The third kappa shape index (κ3) is 14.4. The minimum Gasteiger partial charge on any atom is -0.462 e. The van der Waals surface area contributed by atoms with Crippen molar-refractivity contribution in [3.8, 4) is 0 Å². The molecular weight excluding hydrogens is 272 g/mol. The van der Waals surface area contributed by atoms with Crippen LogP contribution in [0.1, 0.15) is 117 Å². The molecule has 0 fully saturated rings. The summed E-state index contributed by atoms with van der Waals surface area (Å²) in [5.74, 6) is 0.0301. The predicted octanol–water partition coefficient (Wildman–Crippen LogP) is 6.81. The van der Waals surface area contributed by atoms with Crippen LogP contribution in [0.3, 0.4) is 0 Å². The molecule has 0 aliphatic heterocycles. The van der Waals surface area contributed by atoms with E-state index < -0.39 is 0 Å². The van der Waals surface area contributed by atoms with Gasteiger partial charge >= 0.3 is 5.97 Å². The molecule has 0 aromatic rings. The Morgan fingerprint density at radius 2 is 1.23 bits per heavy atom. The summed E-state index contributed by atoms with van der Waals surface area (Å²) >= 11 is 0. The summed E-state index contributed by atoms with van der Waals surface area (Å²) in [5, 5.41) is 0. The molecule has 2 heteroatoms. The molecule has 0 amide bonds. The molecule has 0 rings (SSSR count). The summed E-state index contributed by atoms with van der Waals surface area (Å²) in [5.41, 5.74) is 0. The van der Waals surface area contributed by atoms with Gasteiger partial charge < -0.3 is 4.74 Å². The first kappa shape index (κ1) is 21.5. The average molecular weight is 313 g/mol. The number of unbranched alkanes of at least 4 members (excludes halogenated alkanes) is 9. The van der Waals surface area contributed by atoms with Crippen molar-refractivity contribution in [2.24, 2.45) is 0 Å². The van der Waals surface area contributed by atoms with Gasteiger partial charge in [-0.05, 0) is 25.7 Å². The highest BCUT2D eigenvalue weighted by molar-refractivity contribution is 5.69. The van der Waals surface area contributed by atoms with E-state index in [-0.39, 0.29) is 12.1 Å². The lowest BCUT2D eigenvalue weighted by Crippen LogP contribution is -2.18. The third-order valence-electron chi connectivity index (χ3n) is 4.27. The molecule has 0 aromatic carbocycles. The molecule has 0 aliphatic carbocycles. The Labute approximate surface area is 139 Å². The van der Waals surface area contributed by atoms with Crippen LogP contribution in [0.5, 0.6) is 0 Å². The molecule has 0 aliphatic rings. The molecule has 132 valence electrons. The highest BCUT2D eigenvalue weighted by Crippen LogP contribution is 2.15. The molecule has 1 unspecified atom stereocenters. The minimum atomic E-state index is 0.0301. The maximum absolute atomic E-state index is 11.9. The van der Waals surface area contributed by atoms with Gasteiger partial charge in [0.2, 0.25) is 0 Å². The normalized spacial score (nSPS) is 12.3. The van der Waals surface area contributed by atoms with Crippen molar-refractivity contribution < 1.29 is 9.53 Å². The molecule has 1 atom stereocenters. The molecule has 22 heavy (non-hydrogen) atoms. The minimum absolute atomic E-state index is 0.0301. The van der Waals surface area contributed by atoms with Gasteiger partial charge in [0.1, 0.15) is 6.10 Å². The van der Waals surface area contributed by atoms with Crippen LogP contribution in [-0.4, -0.2) is 12.1 Å². The number of ether oxygens (including phenoxy) is 1. The predicted molar refractivity (Wildman–Crippen MR) is 96.2 cm³/mol. The van der Waals surface area contributed by atoms with Crippen molar-refractivity contribution in [2.75, 3.05) is 0 Å². The Hall–Kier alpha value is -0.530. The summed E-state index contributed by atoms with van der Waals surface area (Å²) in [4.78, 5) is 11.9. The van der Waals surface area contributed by atoms with Gasteiger partial charge in [0.05, 0.1) is 0 Å². The van der Waals surface area contributed by atoms with Gasteiger partial charge in [-0.15, -0.1) is 0 Å². The molecule has 0 spiro atoms. The average Bonchev–Trinajstić information content (AvgIpc) is 2.51. The number of esters is 1. The second-order valence-electron chi connectivity index (χ2n) is 6.62. The number of carbonyl (C=O) groups is 1. The Kier molecular flexibility index (Phi) is 16.4. The zero-order valence-corrected chi connectivity index (χ0v) is 15.5. The van der Waals surface area contributed by atoms with Gasteiger partial charge in [-0.25, -0.2) is 0 Å². The molecule has 2 nitrogen and oxygen atoms in total. The van der Waals surface area contributed by atoms with Crippen LogP contribution in [0.15, 0.2) is 0 Å². The molecule has 0 N–H and O–H groups in total. The molecular formula is C20H40O2. The van der Waals surface area contributed by atoms with E-state index >= 15 is 0 Å². The number of hydrogen-bond donors (Lipinski definition) is 0. The molecule has 0 bridgehead atoms. The molecule has 0 aromatic heterocycles. The quantitative estimate of drug-likeness (QED) is 0.231. The van der Waals surface area contributed by atoms with E-state index in [1.54, 1.807) is 0 Å². The number of carbonyl (C=O) groups excluding carboxylic acids is 1. The topological polar surface area (TPSA) is 26.3 Å². The van der Waals surface area contributed by atoms with E-state index in [0.29, 0.717) is 6.42 Å². The van der Waals surface area contributed by atoms with Crippen molar-refractivity contribution >= 4 is 5.97 Å². The number of rotatable bonds is 16. The second kappa shape index (κ2) is 16.8. The van der Waals surface area contributed by atoms with E-state index in [0.717, 1.165) is 25.7 Å². The summed E-state index contributed by atoms with van der Waals surface area (Å²) in [6.45, 7) is 6.64. The molecule has 0 radical (unpaired) electrons. The number of hydrogen-bond acceptors (Lipinski definition) is 2. The zero-order chi connectivity index (χ0) is 16.5. The van der Waals surface area contributed by atoms with Crippen molar-refractivity contribution in [1.82, 2.24) is 0 Å². The van der Waals surface area contributed by atoms with Gasteiger partial charge in [-0.2, -0.15) is 0 Å². The van der Waals surface area contributed by atoms with E-state index in [2.05, 4.69) is 20.8 Å². The second-order valence-corrected chi connectivity index (χ2v) is 6.62. The van der Waals surface area contributed by atoms with Crippen molar-refractivity contribution in [1.29, 1.82) is 0 Å². The lowest BCUT2D eigenvalue weighted by atomic mass is 10.1. The van der Waals surface area contributed by atoms with Crippen LogP contribution in [0, 0.1) is 0 Å². The highest BCUT2D eigenvalue weighted by atomic mass is 16.5. The van der Waals surface area contributed by atoms with Gasteiger partial charge in [-0.1, -0.05) is 85.0 Å². The highest BCUT2D eigenvalue weighted by Gasteiger charge is 2.13.